The van der Waals surface area contributed by atoms with Crippen LogP contribution in [0.2, 0.25) is 0 Å². The summed E-state index contributed by atoms with van der Waals surface area (Å²) in [4.78, 5) is 0. The van der Waals surface area contributed by atoms with Gasteiger partial charge in [-0.1, -0.05) is 26.0 Å². The SMILES string of the molecule is CC(CC(C)c1cc(O)cc(O)c1)c1ccc(F)cc1. The first-order chi connectivity index (χ1) is 9.45. The van der Waals surface area contributed by atoms with Gasteiger partial charge in [0.15, 0.2) is 0 Å². The molecule has 2 unspecified atom stereocenters. The van der Waals surface area contributed by atoms with Gasteiger partial charge >= 0.3 is 0 Å². The molecule has 0 heterocycles. The van der Waals surface area contributed by atoms with Crippen LogP contribution in [0.1, 0.15) is 43.2 Å². The average molecular weight is 274 g/mol. The first-order valence-electron chi connectivity index (χ1n) is 6.74. The third-order valence-corrected chi connectivity index (χ3v) is 3.64. The van der Waals surface area contributed by atoms with Crippen LogP contribution in [-0.2, 0) is 0 Å². The molecule has 2 atom stereocenters. The van der Waals surface area contributed by atoms with Gasteiger partial charge < -0.3 is 10.2 Å². The van der Waals surface area contributed by atoms with Crippen LogP contribution in [0.3, 0.4) is 0 Å². The molecule has 0 fully saturated rings. The fraction of sp³-hybridized carbons (Fsp3) is 0.294. The highest BCUT2D eigenvalue weighted by Crippen LogP contribution is 2.32. The summed E-state index contributed by atoms with van der Waals surface area (Å²) in [6, 6.07) is 11.2. The molecule has 0 spiro atoms. The molecule has 2 nitrogen and oxygen atoms in total. The topological polar surface area (TPSA) is 40.5 Å². The quantitative estimate of drug-likeness (QED) is 0.859. The molecular formula is C17H19FO2. The van der Waals surface area contributed by atoms with E-state index in [1.54, 1.807) is 24.3 Å². The molecule has 2 rings (SSSR count). The van der Waals surface area contributed by atoms with Gasteiger partial charge in [-0.2, -0.15) is 0 Å². The molecule has 0 radical (unpaired) electrons. The van der Waals surface area contributed by atoms with Crippen molar-refractivity contribution in [3.63, 3.8) is 0 Å². The maximum atomic E-state index is 12.9. The van der Waals surface area contributed by atoms with Gasteiger partial charge in [0.1, 0.15) is 17.3 Å². The van der Waals surface area contributed by atoms with E-state index in [4.69, 9.17) is 0 Å². The summed E-state index contributed by atoms with van der Waals surface area (Å²) in [5.41, 5.74) is 1.99. The van der Waals surface area contributed by atoms with E-state index in [0.717, 1.165) is 17.5 Å². The molecule has 0 amide bonds. The molecule has 2 N–H and O–H groups in total. The fourth-order valence-electron chi connectivity index (χ4n) is 2.50. The van der Waals surface area contributed by atoms with Gasteiger partial charge in [0.05, 0.1) is 0 Å². The van der Waals surface area contributed by atoms with Crippen molar-refractivity contribution in [3.8, 4) is 11.5 Å². The second-order valence-corrected chi connectivity index (χ2v) is 5.37. The number of hydrogen-bond donors (Lipinski definition) is 2. The van der Waals surface area contributed by atoms with Gasteiger partial charge in [0.25, 0.3) is 0 Å². The van der Waals surface area contributed by atoms with E-state index >= 15 is 0 Å². The molecule has 20 heavy (non-hydrogen) atoms. The number of hydrogen-bond acceptors (Lipinski definition) is 2. The first-order valence-corrected chi connectivity index (χ1v) is 6.74. The number of phenols is 2. The second-order valence-electron chi connectivity index (χ2n) is 5.37. The molecule has 2 aromatic carbocycles. The number of halogens is 1. The zero-order valence-electron chi connectivity index (χ0n) is 11.7. The molecule has 0 aliphatic carbocycles. The molecule has 0 aromatic heterocycles. The van der Waals surface area contributed by atoms with Crippen molar-refractivity contribution in [3.05, 3.63) is 59.4 Å². The van der Waals surface area contributed by atoms with Crippen LogP contribution in [0.25, 0.3) is 0 Å². The Morgan fingerprint density at radius 2 is 1.35 bits per heavy atom. The Morgan fingerprint density at radius 3 is 1.90 bits per heavy atom. The lowest BCUT2D eigenvalue weighted by molar-refractivity contribution is 0.447. The summed E-state index contributed by atoms with van der Waals surface area (Å²) in [5.74, 6) is 0.373. The maximum absolute atomic E-state index is 12.9. The van der Waals surface area contributed by atoms with E-state index in [1.807, 2.05) is 6.92 Å². The zero-order valence-corrected chi connectivity index (χ0v) is 11.7. The van der Waals surface area contributed by atoms with Crippen LogP contribution in [0, 0.1) is 5.82 Å². The van der Waals surface area contributed by atoms with Crippen molar-refractivity contribution in [2.45, 2.75) is 32.1 Å². The molecule has 3 heteroatoms. The summed E-state index contributed by atoms with van der Waals surface area (Å²) < 4.78 is 12.9. The highest BCUT2D eigenvalue weighted by Gasteiger charge is 2.14. The minimum Gasteiger partial charge on any atom is -0.508 e. The van der Waals surface area contributed by atoms with E-state index in [0.29, 0.717) is 0 Å². The molecule has 2 aromatic rings. The Labute approximate surface area is 118 Å². The monoisotopic (exact) mass is 274 g/mol. The maximum Gasteiger partial charge on any atom is 0.123 e. The molecule has 0 aliphatic heterocycles. The van der Waals surface area contributed by atoms with Crippen molar-refractivity contribution in [2.75, 3.05) is 0 Å². The van der Waals surface area contributed by atoms with Crippen LogP contribution in [0.5, 0.6) is 11.5 Å². The van der Waals surface area contributed by atoms with Gasteiger partial charge in [0.2, 0.25) is 0 Å². The Balaban J connectivity index is 2.10. The third-order valence-electron chi connectivity index (χ3n) is 3.64. The largest absolute Gasteiger partial charge is 0.508 e. The summed E-state index contributed by atoms with van der Waals surface area (Å²) in [7, 11) is 0. The predicted octanol–water partition coefficient (Wildman–Crippen LogP) is 4.53. The summed E-state index contributed by atoms with van der Waals surface area (Å²) >= 11 is 0. The van der Waals surface area contributed by atoms with E-state index in [2.05, 4.69) is 6.92 Å². The molecule has 0 saturated carbocycles. The number of rotatable bonds is 4. The lowest BCUT2D eigenvalue weighted by Crippen LogP contribution is -2.01. The van der Waals surface area contributed by atoms with Crippen LogP contribution in [0.15, 0.2) is 42.5 Å². The standard InChI is InChI=1S/C17H19FO2/c1-11(13-3-5-15(18)6-4-13)7-12(2)14-8-16(19)10-17(20)9-14/h3-6,8-12,19-20H,7H2,1-2H3. The van der Waals surface area contributed by atoms with Crippen LogP contribution in [-0.4, -0.2) is 10.2 Å². The Morgan fingerprint density at radius 1 is 0.850 bits per heavy atom. The minimum atomic E-state index is -0.230. The number of phenolic OH excluding ortho intramolecular Hbond substituents is 2. The normalized spacial score (nSPS) is 13.9. The van der Waals surface area contributed by atoms with Crippen molar-refractivity contribution in [1.29, 1.82) is 0 Å². The van der Waals surface area contributed by atoms with Crippen molar-refractivity contribution >= 4 is 0 Å². The van der Waals surface area contributed by atoms with E-state index in [1.165, 1.54) is 18.2 Å². The van der Waals surface area contributed by atoms with E-state index < -0.39 is 0 Å². The number of benzene rings is 2. The molecule has 0 saturated heterocycles. The van der Waals surface area contributed by atoms with Crippen LogP contribution in [0.4, 0.5) is 4.39 Å². The van der Waals surface area contributed by atoms with E-state index in [-0.39, 0.29) is 29.2 Å². The lowest BCUT2D eigenvalue weighted by atomic mass is 9.87. The molecule has 0 aliphatic rings. The van der Waals surface area contributed by atoms with E-state index in [9.17, 15) is 14.6 Å². The minimum absolute atomic E-state index is 0.0706. The van der Waals surface area contributed by atoms with Gasteiger partial charge in [-0.3, -0.25) is 0 Å². The van der Waals surface area contributed by atoms with Gasteiger partial charge in [-0.15, -0.1) is 0 Å². The summed E-state index contributed by atoms with van der Waals surface area (Å²) in [6.45, 7) is 4.14. The zero-order chi connectivity index (χ0) is 14.7. The first kappa shape index (κ1) is 14.4. The van der Waals surface area contributed by atoms with Crippen molar-refractivity contribution in [1.82, 2.24) is 0 Å². The highest BCUT2D eigenvalue weighted by molar-refractivity contribution is 5.38. The smallest absolute Gasteiger partial charge is 0.123 e. The van der Waals surface area contributed by atoms with Crippen LogP contribution >= 0.6 is 0 Å². The molecule has 106 valence electrons. The summed E-state index contributed by atoms with van der Waals surface area (Å²) in [6.07, 6.45) is 0.856. The van der Waals surface area contributed by atoms with Crippen molar-refractivity contribution in [2.24, 2.45) is 0 Å². The Kier molecular flexibility index (Phi) is 4.28. The molecule has 0 bridgehead atoms. The van der Waals surface area contributed by atoms with Crippen molar-refractivity contribution < 1.29 is 14.6 Å². The average Bonchev–Trinajstić information content (AvgIpc) is 2.38. The van der Waals surface area contributed by atoms with Gasteiger partial charge in [0, 0.05) is 6.07 Å². The molecular weight excluding hydrogens is 255 g/mol. The Hall–Kier alpha value is -2.03. The van der Waals surface area contributed by atoms with Gasteiger partial charge in [-0.25, -0.2) is 4.39 Å². The fourth-order valence-corrected chi connectivity index (χ4v) is 2.50. The second kappa shape index (κ2) is 5.95. The lowest BCUT2D eigenvalue weighted by Gasteiger charge is -2.18. The third kappa shape index (κ3) is 3.50. The van der Waals surface area contributed by atoms with Gasteiger partial charge in [-0.05, 0) is 53.6 Å². The highest BCUT2D eigenvalue weighted by atomic mass is 19.1. The summed E-state index contributed by atoms with van der Waals surface area (Å²) in [5, 5.41) is 19.0. The predicted molar refractivity (Wildman–Crippen MR) is 77.6 cm³/mol. The Bertz CT molecular complexity index is 558. The number of aromatic hydroxyl groups is 2. The van der Waals surface area contributed by atoms with Crippen LogP contribution < -0.4 is 0 Å².